The molecule has 0 radical (unpaired) electrons. The summed E-state index contributed by atoms with van der Waals surface area (Å²) in [6.45, 7) is 5.25. The Morgan fingerprint density at radius 3 is 2.23 bits per heavy atom. The lowest BCUT2D eigenvalue weighted by molar-refractivity contribution is -0.131. The van der Waals surface area contributed by atoms with E-state index in [1.54, 1.807) is 0 Å². The van der Waals surface area contributed by atoms with Crippen molar-refractivity contribution in [1.29, 1.82) is 0 Å². The van der Waals surface area contributed by atoms with E-state index in [1.165, 1.54) is 12.0 Å². The molecular weight excluding hydrogens is 296 g/mol. The third-order valence-electron chi connectivity index (χ3n) is 5.51. The standard InChI is InChI=1S/C18H28N2O.ClH/c1-3-17(4-2,13-19)16(21)20-14-18(11-8-12-18)15-9-6-5-7-10-15;/h5-7,9-10H,3-4,8,11-14,19H2,1-2H3,(H,20,21);1H. The van der Waals surface area contributed by atoms with Crippen LogP contribution in [0.5, 0.6) is 0 Å². The molecule has 0 spiro atoms. The van der Waals surface area contributed by atoms with Crippen LogP contribution in [0.2, 0.25) is 0 Å². The molecule has 0 aliphatic heterocycles. The molecule has 1 aromatic rings. The van der Waals surface area contributed by atoms with Gasteiger partial charge in [-0.25, -0.2) is 0 Å². The molecule has 2 rings (SSSR count). The van der Waals surface area contributed by atoms with Gasteiger partial charge >= 0.3 is 0 Å². The maximum atomic E-state index is 12.6. The number of rotatable bonds is 7. The van der Waals surface area contributed by atoms with E-state index in [0.717, 1.165) is 32.2 Å². The zero-order valence-electron chi connectivity index (χ0n) is 13.7. The first-order valence-corrected chi connectivity index (χ1v) is 8.16. The third-order valence-corrected chi connectivity index (χ3v) is 5.51. The van der Waals surface area contributed by atoms with Crippen molar-refractivity contribution in [2.75, 3.05) is 13.1 Å². The summed E-state index contributed by atoms with van der Waals surface area (Å²) >= 11 is 0. The molecule has 1 aliphatic rings. The van der Waals surface area contributed by atoms with Crippen LogP contribution in [0.15, 0.2) is 30.3 Å². The molecule has 1 saturated carbocycles. The minimum absolute atomic E-state index is 0. The van der Waals surface area contributed by atoms with Gasteiger partial charge in [-0.05, 0) is 31.2 Å². The number of nitrogens with two attached hydrogens (primary N) is 1. The van der Waals surface area contributed by atoms with Gasteiger partial charge in [0.1, 0.15) is 0 Å². The van der Waals surface area contributed by atoms with Gasteiger partial charge in [0.05, 0.1) is 5.41 Å². The van der Waals surface area contributed by atoms with Crippen LogP contribution >= 0.6 is 12.4 Å². The maximum Gasteiger partial charge on any atom is 0.227 e. The van der Waals surface area contributed by atoms with Gasteiger partial charge in [0.2, 0.25) is 5.91 Å². The molecule has 0 heterocycles. The van der Waals surface area contributed by atoms with Crippen molar-refractivity contribution in [3.05, 3.63) is 35.9 Å². The zero-order chi connectivity index (χ0) is 15.3. The summed E-state index contributed by atoms with van der Waals surface area (Å²) < 4.78 is 0. The first kappa shape index (κ1) is 19.0. The van der Waals surface area contributed by atoms with Crippen LogP contribution in [-0.4, -0.2) is 19.0 Å². The quantitative estimate of drug-likeness (QED) is 0.807. The van der Waals surface area contributed by atoms with Crippen LogP contribution in [-0.2, 0) is 10.2 Å². The van der Waals surface area contributed by atoms with E-state index in [4.69, 9.17) is 5.73 Å². The second-order valence-corrected chi connectivity index (χ2v) is 6.37. The van der Waals surface area contributed by atoms with E-state index in [0.29, 0.717) is 6.54 Å². The van der Waals surface area contributed by atoms with Crippen LogP contribution in [0.4, 0.5) is 0 Å². The molecule has 1 fully saturated rings. The summed E-state index contributed by atoms with van der Waals surface area (Å²) in [4.78, 5) is 12.6. The highest BCUT2D eigenvalue weighted by Gasteiger charge is 2.40. The minimum Gasteiger partial charge on any atom is -0.355 e. The van der Waals surface area contributed by atoms with Crippen molar-refractivity contribution in [1.82, 2.24) is 5.32 Å². The Bertz CT molecular complexity index is 459. The summed E-state index contributed by atoms with van der Waals surface area (Å²) in [5.74, 6) is 0.122. The van der Waals surface area contributed by atoms with Crippen molar-refractivity contribution in [3.8, 4) is 0 Å². The van der Waals surface area contributed by atoms with Gasteiger partial charge in [-0.2, -0.15) is 0 Å². The number of carbonyl (C=O) groups excluding carboxylic acids is 1. The highest BCUT2D eigenvalue weighted by molar-refractivity contribution is 5.85. The molecule has 124 valence electrons. The molecule has 3 N–H and O–H groups in total. The van der Waals surface area contributed by atoms with E-state index >= 15 is 0 Å². The Kier molecular flexibility index (Phi) is 6.89. The van der Waals surface area contributed by atoms with Crippen LogP contribution in [0.1, 0.15) is 51.5 Å². The van der Waals surface area contributed by atoms with E-state index in [9.17, 15) is 4.79 Å². The highest BCUT2D eigenvalue weighted by Crippen LogP contribution is 2.43. The number of nitrogens with one attached hydrogen (secondary N) is 1. The smallest absolute Gasteiger partial charge is 0.227 e. The molecule has 0 bridgehead atoms. The first-order chi connectivity index (χ1) is 10.1. The SMILES string of the molecule is CCC(CC)(CN)C(=O)NCC1(c2ccccc2)CCC1.Cl. The van der Waals surface area contributed by atoms with Crippen molar-refractivity contribution in [2.24, 2.45) is 11.1 Å². The monoisotopic (exact) mass is 324 g/mol. The van der Waals surface area contributed by atoms with Gasteiger partial charge in [-0.1, -0.05) is 50.6 Å². The molecule has 0 saturated heterocycles. The van der Waals surface area contributed by atoms with Gasteiger partial charge in [-0.3, -0.25) is 4.79 Å². The van der Waals surface area contributed by atoms with Gasteiger partial charge in [0, 0.05) is 18.5 Å². The lowest BCUT2D eigenvalue weighted by Crippen LogP contribution is -2.51. The summed E-state index contributed by atoms with van der Waals surface area (Å²) in [5, 5.41) is 3.20. The normalized spacial score (nSPS) is 16.3. The molecule has 1 amide bonds. The van der Waals surface area contributed by atoms with E-state index in [1.807, 2.05) is 19.9 Å². The Morgan fingerprint density at radius 1 is 1.23 bits per heavy atom. The number of halogens is 1. The Balaban J connectivity index is 0.00000242. The molecular formula is C18H29ClN2O. The number of hydrogen-bond acceptors (Lipinski definition) is 2. The molecule has 0 unspecified atom stereocenters. The average Bonchev–Trinajstić information content (AvgIpc) is 2.49. The molecule has 1 aromatic carbocycles. The van der Waals surface area contributed by atoms with Crippen molar-refractivity contribution in [3.63, 3.8) is 0 Å². The second kappa shape index (κ2) is 7.98. The number of carbonyl (C=O) groups is 1. The van der Waals surface area contributed by atoms with E-state index in [-0.39, 0.29) is 23.7 Å². The fourth-order valence-electron chi connectivity index (χ4n) is 3.35. The lowest BCUT2D eigenvalue weighted by Gasteiger charge is -2.43. The third kappa shape index (κ3) is 3.47. The number of amides is 1. The maximum absolute atomic E-state index is 12.6. The average molecular weight is 325 g/mol. The fraction of sp³-hybridized carbons (Fsp3) is 0.611. The topological polar surface area (TPSA) is 55.1 Å². The number of hydrogen-bond donors (Lipinski definition) is 2. The molecule has 4 heteroatoms. The summed E-state index contributed by atoms with van der Waals surface area (Å²) in [6, 6.07) is 10.6. The van der Waals surface area contributed by atoms with Crippen LogP contribution in [0.25, 0.3) is 0 Å². The van der Waals surface area contributed by atoms with Crippen molar-refractivity contribution >= 4 is 18.3 Å². The van der Waals surface area contributed by atoms with Gasteiger partial charge in [0.15, 0.2) is 0 Å². The van der Waals surface area contributed by atoms with Crippen LogP contribution in [0, 0.1) is 5.41 Å². The van der Waals surface area contributed by atoms with Crippen LogP contribution in [0.3, 0.4) is 0 Å². The van der Waals surface area contributed by atoms with E-state index in [2.05, 4.69) is 29.6 Å². The molecule has 0 aromatic heterocycles. The van der Waals surface area contributed by atoms with Crippen molar-refractivity contribution in [2.45, 2.75) is 51.4 Å². The Hall–Kier alpha value is -1.06. The largest absolute Gasteiger partial charge is 0.355 e. The summed E-state index contributed by atoms with van der Waals surface area (Å²) in [7, 11) is 0. The molecule has 22 heavy (non-hydrogen) atoms. The first-order valence-electron chi connectivity index (χ1n) is 8.16. The lowest BCUT2D eigenvalue weighted by atomic mass is 9.64. The second-order valence-electron chi connectivity index (χ2n) is 6.37. The van der Waals surface area contributed by atoms with Gasteiger partial charge in [0.25, 0.3) is 0 Å². The highest BCUT2D eigenvalue weighted by atomic mass is 35.5. The Morgan fingerprint density at radius 2 is 1.82 bits per heavy atom. The molecule has 3 nitrogen and oxygen atoms in total. The van der Waals surface area contributed by atoms with Gasteiger partial charge in [-0.15, -0.1) is 12.4 Å². The molecule has 1 aliphatic carbocycles. The predicted octanol–water partition coefficient (Wildman–Crippen LogP) is 3.41. The van der Waals surface area contributed by atoms with Crippen LogP contribution < -0.4 is 11.1 Å². The summed E-state index contributed by atoms with van der Waals surface area (Å²) in [6.07, 6.45) is 5.15. The zero-order valence-corrected chi connectivity index (χ0v) is 14.5. The van der Waals surface area contributed by atoms with E-state index < -0.39 is 5.41 Å². The Labute approximate surface area is 140 Å². The molecule has 0 atom stereocenters. The van der Waals surface area contributed by atoms with Crippen molar-refractivity contribution < 1.29 is 4.79 Å². The van der Waals surface area contributed by atoms with Gasteiger partial charge < -0.3 is 11.1 Å². The number of benzene rings is 1. The predicted molar refractivity (Wildman–Crippen MR) is 94.3 cm³/mol. The minimum atomic E-state index is -0.401. The summed E-state index contributed by atoms with van der Waals surface area (Å²) in [5.41, 5.74) is 6.95. The fourth-order valence-corrected chi connectivity index (χ4v) is 3.35.